The van der Waals surface area contributed by atoms with Gasteiger partial charge in [0, 0.05) is 0 Å². The van der Waals surface area contributed by atoms with Gasteiger partial charge in [-0.3, -0.25) is 6.08 Å². The standard InChI is InChI=1S/C12H20N.2ClH.Ti/c1-9-7-12(4,8-13(5)6)11(3)10(9)2;;;/h8H2,1-6H3;2*1H;/q-1;;;+3/p-2. The van der Waals surface area contributed by atoms with Crippen LogP contribution in [0.1, 0.15) is 27.7 Å². The molecule has 0 aromatic heterocycles. The molecule has 0 amide bonds. The van der Waals surface area contributed by atoms with Crippen molar-refractivity contribution in [2.45, 2.75) is 27.7 Å². The molecule has 1 atom stereocenters. The van der Waals surface area contributed by atoms with Crippen LogP contribution in [-0.4, -0.2) is 25.5 Å². The van der Waals surface area contributed by atoms with Crippen LogP contribution in [0, 0.1) is 11.5 Å². The largest absolute Gasteiger partial charge is 3.00 e. The maximum Gasteiger partial charge on any atom is 3.00 e. The molecule has 91 valence electrons. The molecule has 1 radical (unpaired) electrons. The van der Waals surface area contributed by atoms with Crippen molar-refractivity contribution in [3.63, 3.8) is 0 Å². The van der Waals surface area contributed by atoms with Crippen molar-refractivity contribution in [3.05, 3.63) is 22.8 Å². The minimum absolute atomic E-state index is 0. The summed E-state index contributed by atoms with van der Waals surface area (Å²) in [5.74, 6) is 0. The zero-order valence-electron chi connectivity index (χ0n) is 10.9. The molecule has 1 nitrogen and oxygen atoms in total. The topological polar surface area (TPSA) is 3.24 Å². The summed E-state index contributed by atoms with van der Waals surface area (Å²) in [7, 11) is 4.23. The molecule has 0 aromatic rings. The van der Waals surface area contributed by atoms with Gasteiger partial charge in [0.15, 0.2) is 0 Å². The van der Waals surface area contributed by atoms with Crippen molar-refractivity contribution in [2.24, 2.45) is 5.41 Å². The van der Waals surface area contributed by atoms with Crippen LogP contribution in [-0.2, 0) is 21.7 Å². The van der Waals surface area contributed by atoms with Gasteiger partial charge in [-0.2, -0.15) is 11.1 Å². The molecule has 0 spiro atoms. The molecule has 16 heavy (non-hydrogen) atoms. The molecule has 1 aliphatic rings. The minimum atomic E-state index is 0. The summed E-state index contributed by atoms with van der Waals surface area (Å²) in [4.78, 5) is 2.22. The van der Waals surface area contributed by atoms with E-state index in [1.807, 2.05) is 0 Å². The first-order valence-electron chi connectivity index (χ1n) is 4.81. The van der Waals surface area contributed by atoms with E-state index in [0.29, 0.717) is 0 Å². The molecular weight excluding hydrogens is 277 g/mol. The van der Waals surface area contributed by atoms with Gasteiger partial charge < -0.3 is 29.7 Å². The number of allylic oxidation sites excluding steroid dienone is 2. The van der Waals surface area contributed by atoms with E-state index >= 15 is 0 Å². The molecule has 1 aliphatic carbocycles. The fourth-order valence-corrected chi connectivity index (χ4v) is 2.09. The normalized spacial score (nSPS) is 23.3. The Morgan fingerprint density at radius 2 is 1.56 bits per heavy atom. The molecule has 1 rings (SSSR count). The number of halogens is 2. The molecule has 1 unspecified atom stereocenters. The summed E-state index contributed by atoms with van der Waals surface area (Å²) in [6.45, 7) is 9.89. The third-order valence-corrected chi connectivity index (χ3v) is 3.05. The molecule has 4 heteroatoms. The number of hydrogen-bond acceptors (Lipinski definition) is 1. The number of rotatable bonds is 2. The Bertz CT molecular complexity index is 285. The minimum Gasteiger partial charge on any atom is -1.00 e. The van der Waals surface area contributed by atoms with E-state index in [4.69, 9.17) is 0 Å². The second-order valence-corrected chi connectivity index (χ2v) is 4.57. The van der Waals surface area contributed by atoms with Crippen molar-refractivity contribution in [1.82, 2.24) is 4.90 Å². The van der Waals surface area contributed by atoms with Crippen molar-refractivity contribution in [1.29, 1.82) is 0 Å². The van der Waals surface area contributed by atoms with Gasteiger partial charge in [0.25, 0.3) is 0 Å². The molecule has 0 bridgehead atoms. The number of nitrogens with zero attached hydrogens (tertiary/aromatic N) is 1. The summed E-state index contributed by atoms with van der Waals surface area (Å²) in [6, 6.07) is 0. The third kappa shape index (κ3) is 4.54. The van der Waals surface area contributed by atoms with Gasteiger partial charge in [0.1, 0.15) is 0 Å². The summed E-state index contributed by atoms with van der Waals surface area (Å²) in [5, 5.41) is 0. The van der Waals surface area contributed by atoms with E-state index < -0.39 is 0 Å². The van der Waals surface area contributed by atoms with Gasteiger partial charge >= 0.3 is 21.7 Å². The number of hydrogen-bond donors (Lipinski definition) is 0. The molecule has 0 saturated heterocycles. The summed E-state index contributed by atoms with van der Waals surface area (Å²) < 4.78 is 0. The molecule has 0 fully saturated rings. The Balaban J connectivity index is -0.000000563. The van der Waals surface area contributed by atoms with E-state index in [1.165, 1.54) is 16.7 Å². The average Bonchev–Trinajstić information content (AvgIpc) is 2.14. The Hall–Kier alpha value is 0.734. The van der Waals surface area contributed by atoms with E-state index in [1.54, 1.807) is 0 Å². The smallest absolute Gasteiger partial charge is 1.00 e. The molecule has 0 aromatic carbocycles. The van der Waals surface area contributed by atoms with Crippen molar-refractivity contribution < 1.29 is 46.5 Å². The fourth-order valence-electron chi connectivity index (χ4n) is 2.09. The predicted octanol–water partition coefficient (Wildman–Crippen LogP) is -3.34. The van der Waals surface area contributed by atoms with E-state index in [0.717, 1.165) is 6.54 Å². The van der Waals surface area contributed by atoms with E-state index in [2.05, 4.69) is 52.8 Å². The van der Waals surface area contributed by atoms with E-state index in [9.17, 15) is 0 Å². The second kappa shape index (κ2) is 7.95. The van der Waals surface area contributed by atoms with Gasteiger partial charge in [-0.05, 0) is 20.6 Å². The van der Waals surface area contributed by atoms with Crippen molar-refractivity contribution in [2.75, 3.05) is 20.6 Å². The maximum absolute atomic E-state index is 3.56. The fraction of sp³-hybridized carbons (Fsp3) is 0.667. The third-order valence-electron chi connectivity index (χ3n) is 3.05. The van der Waals surface area contributed by atoms with Gasteiger partial charge in [0.2, 0.25) is 0 Å². The quantitative estimate of drug-likeness (QED) is 0.380. The van der Waals surface area contributed by atoms with Crippen LogP contribution in [0.25, 0.3) is 0 Å². The Morgan fingerprint density at radius 1 is 1.12 bits per heavy atom. The monoisotopic (exact) mass is 296 g/mol. The van der Waals surface area contributed by atoms with Crippen molar-refractivity contribution >= 4 is 0 Å². The van der Waals surface area contributed by atoms with Gasteiger partial charge in [-0.25, -0.2) is 5.57 Å². The molecule has 0 saturated carbocycles. The second-order valence-electron chi connectivity index (χ2n) is 4.57. The van der Waals surface area contributed by atoms with Crippen molar-refractivity contribution in [3.8, 4) is 0 Å². The van der Waals surface area contributed by atoms with E-state index in [-0.39, 0.29) is 51.9 Å². The van der Waals surface area contributed by atoms with Crippen LogP contribution >= 0.6 is 0 Å². The first-order valence-corrected chi connectivity index (χ1v) is 4.81. The summed E-state index contributed by atoms with van der Waals surface area (Å²) in [5.41, 5.74) is 4.35. The van der Waals surface area contributed by atoms with Gasteiger partial charge in [0.05, 0.1) is 0 Å². The summed E-state index contributed by atoms with van der Waals surface area (Å²) >= 11 is 0. The maximum atomic E-state index is 3.56. The zero-order valence-corrected chi connectivity index (χ0v) is 14.0. The van der Waals surface area contributed by atoms with Crippen LogP contribution in [0.5, 0.6) is 0 Å². The van der Waals surface area contributed by atoms with Crippen LogP contribution in [0.15, 0.2) is 16.7 Å². The predicted molar refractivity (Wildman–Crippen MR) is 57.5 cm³/mol. The van der Waals surface area contributed by atoms with Crippen LogP contribution in [0.2, 0.25) is 0 Å². The van der Waals surface area contributed by atoms with Gasteiger partial charge in [-0.1, -0.05) is 26.2 Å². The van der Waals surface area contributed by atoms with Crippen LogP contribution in [0.3, 0.4) is 0 Å². The molecular formula is C12H20Cl2NTi. The molecule has 0 aliphatic heterocycles. The summed E-state index contributed by atoms with van der Waals surface area (Å²) in [6.07, 6.45) is 3.56. The molecule has 0 heterocycles. The Morgan fingerprint density at radius 3 is 1.81 bits per heavy atom. The van der Waals surface area contributed by atoms with Crippen LogP contribution < -0.4 is 24.8 Å². The van der Waals surface area contributed by atoms with Crippen LogP contribution in [0.4, 0.5) is 0 Å². The molecule has 0 N–H and O–H groups in total. The Labute approximate surface area is 127 Å². The first-order chi connectivity index (χ1) is 5.87. The average molecular weight is 297 g/mol. The SMILES string of the molecule is CC1=[C-]C(C)(CN(C)C)C(C)=C1C.[Cl-].[Cl-].[Ti+3]. The van der Waals surface area contributed by atoms with Gasteiger partial charge in [-0.15, -0.1) is 6.92 Å². The Kier molecular flexibility index (Phi) is 10.9. The zero-order chi connectivity index (χ0) is 10.2. The first kappa shape index (κ1) is 22.0.